The van der Waals surface area contributed by atoms with Gasteiger partial charge in [-0.3, -0.25) is 0 Å². The number of hydrogen-bond donors (Lipinski definition) is 1. The van der Waals surface area contributed by atoms with Gasteiger partial charge in [-0.05, 0) is 44.6 Å². The molecule has 20 heavy (non-hydrogen) atoms. The quantitative estimate of drug-likeness (QED) is 0.691. The summed E-state index contributed by atoms with van der Waals surface area (Å²) in [5.74, 6) is 1.70. The lowest BCUT2D eigenvalue weighted by Gasteiger charge is -2.06. The third-order valence-corrected chi connectivity index (χ3v) is 5.72. The second-order valence-corrected chi connectivity index (χ2v) is 7.25. The highest BCUT2D eigenvalue weighted by Gasteiger charge is 2.27. The Morgan fingerprint density at radius 1 is 1.20 bits per heavy atom. The molecule has 2 unspecified atom stereocenters. The van der Waals surface area contributed by atoms with Crippen molar-refractivity contribution in [2.24, 2.45) is 5.92 Å². The topological polar surface area (TPSA) is 24.9 Å². The fourth-order valence-corrected chi connectivity index (χ4v) is 4.43. The molecule has 0 amide bonds. The first-order chi connectivity index (χ1) is 9.78. The van der Waals surface area contributed by atoms with Crippen LogP contribution in [-0.2, 0) is 13.0 Å². The lowest BCUT2D eigenvalue weighted by molar-refractivity contribution is 0.520. The summed E-state index contributed by atoms with van der Waals surface area (Å²) >= 11 is 1.99. The average Bonchev–Trinajstić information content (AvgIpc) is 3.06. The van der Waals surface area contributed by atoms with Gasteiger partial charge in [0, 0.05) is 17.3 Å². The molecular formula is C17H30N2S. The zero-order chi connectivity index (χ0) is 14.4. The van der Waals surface area contributed by atoms with E-state index in [1.165, 1.54) is 54.1 Å². The second kappa shape index (κ2) is 8.14. The summed E-state index contributed by atoms with van der Waals surface area (Å²) in [6, 6.07) is 0. The number of aromatic nitrogens is 1. The number of rotatable bonds is 8. The van der Waals surface area contributed by atoms with Gasteiger partial charge in [-0.2, -0.15) is 0 Å². The largest absolute Gasteiger partial charge is 0.312 e. The molecule has 1 aliphatic rings. The molecule has 114 valence electrons. The Hall–Kier alpha value is -0.410. The van der Waals surface area contributed by atoms with E-state index < -0.39 is 0 Å². The van der Waals surface area contributed by atoms with Crippen molar-refractivity contribution in [3.05, 3.63) is 15.6 Å². The van der Waals surface area contributed by atoms with Crippen molar-refractivity contribution in [2.45, 2.75) is 78.2 Å². The second-order valence-electron chi connectivity index (χ2n) is 6.13. The van der Waals surface area contributed by atoms with E-state index in [0.717, 1.165) is 31.3 Å². The highest BCUT2D eigenvalue weighted by atomic mass is 32.1. The highest BCUT2D eigenvalue weighted by Crippen LogP contribution is 2.41. The maximum atomic E-state index is 5.01. The molecule has 0 saturated heterocycles. The van der Waals surface area contributed by atoms with Crippen molar-refractivity contribution in [3.8, 4) is 0 Å². The summed E-state index contributed by atoms with van der Waals surface area (Å²) in [6.07, 6.45) is 9.03. The van der Waals surface area contributed by atoms with Crippen LogP contribution in [0.25, 0.3) is 0 Å². The normalized spacial score (nSPS) is 22.6. The molecule has 1 saturated carbocycles. The SMILES string of the molecule is CCCNCc1sc(C2CCC(CC)C2)nc1CCC. The molecular weight excluding hydrogens is 264 g/mol. The van der Waals surface area contributed by atoms with Crippen molar-refractivity contribution in [3.63, 3.8) is 0 Å². The third-order valence-electron chi connectivity index (χ3n) is 4.46. The lowest BCUT2D eigenvalue weighted by Crippen LogP contribution is -2.13. The van der Waals surface area contributed by atoms with Gasteiger partial charge in [-0.1, -0.05) is 33.6 Å². The van der Waals surface area contributed by atoms with Crippen LogP contribution in [0.2, 0.25) is 0 Å². The van der Waals surface area contributed by atoms with Gasteiger partial charge in [0.15, 0.2) is 0 Å². The van der Waals surface area contributed by atoms with E-state index in [9.17, 15) is 0 Å². The standard InChI is InChI=1S/C17H30N2S/c1-4-7-15-16(12-18-10-5-2)20-17(19-15)14-9-8-13(6-3)11-14/h13-14,18H,4-12H2,1-3H3. The first-order valence-electron chi connectivity index (χ1n) is 8.47. The molecule has 2 atom stereocenters. The molecule has 1 heterocycles. The van der Waals surface area contributed by atoms with Crippen LogP contribution in [0, 0.1) is 5.92 Å². The Morgan fingerprint density at radius 2 is 2.05 bits per heavy atom. The lowest BCUT2D eigenvalue weighted by atomic mass is 10.0. The zero-order valence-electron chi connectivity index (χ0n) is 13.4. The maximum Gasteiger partial charge on any atom is 0.0962 e. The van der Waals surface area contributed by atoms with Gasteiger partial charge in [0.05, 0.1) is 10.7 Å². The van der Waals surface area contributed by atoms with Gasteiger partial charge in [-0.25, -0.2) is 4.98 Å². The third kappa shape index (κ3) is 4.05. The number of hydrogen-bond acceptors (Lipinski definition) is 3. The first-order valence-corrected chi connectivity index (χ1v) is 9.29. The van der Waals surface area contributed by atoms with Gasteiger partial charge >= 0.3 is 0 Å². The van der Waals surface area contributed by atoms with Crippen LogP contribution in [-0.4, -0.2) is 11.5 Å². The van der Waals surface area contributed by atoms with Crippen molar-refractivity contribution in [1.29, 1.82) is 0 Å². The smallest absolute Gasteiger partial charge is 0.0962 e. The Morgan fingerprint density at radius 3 is 2.70 bits per heavy atom. The van der Waals surface area contributed by atoms with Gasteiger partial charge in [0.25, 0.3) is 0 Å². The van der Waals surface area contributed by atoms with Crippen molar-refractivity contribution < 1.29 is 0 Å². The van der Waals surface area contributed by atoms with Crippen LogP contribution >= 0.6 is 11.3 Å². The minimum absolute atomic E-state index is 0.750. The first kappa shape index (κ1) is 16.0. The molecule has 0 aromatic carbocycles. The van der Waals surface area contributed by atoms with E-state index in [-0.39, 0.29) is 0 Å². The van der Waals surface area contributed by atoms with Crippen molar-refractivity contribution >= 4 is 11.3 Å². The molecule has 0 bridgehead atoms. The molecule has 1 fully saturated rings. The Kier molecular flexibility index (Phi) is 6.50. The van der Waals surface area contributed by atoms with Crippen LogP contribution in [0.3, 0.4) is 0 Å². The van der Waals surface area contributed by atoms with E-state index in [1.807, 2.05) is 11.3 Å². The van der Waals surface area contributed by atoms with Gasteiger partial charge in [-0.15, -0.1) is 11.3 Å². The number of thiazole rings is 1. The van der Waals surface area contributed by atoms with Crippen LogP contribution in [0.4, 0.5) is 0 Å². The molecule has 2 nitrogen and oxygen atoms in total. The summed E-state index contributed by atoms with van der Waals surface area (Å²) in [5, 5.41) is 4.97. The van der Waals surface area contributed by atoms with Gasteiger partial charge < -0.3 is 5.32 Å². The van der Waals surface area contributed by atoms with E-state index in [0.29, 0.717) is 0 Å². The van der Waals surface area contributed by atoms with Crippen LogP contribution in [0.5, 0.6) is 0 Å². The summed E-state index contributed by atoms with van der Waals surface area (Å²) in [4.78, 5) is 6.50. The van der Waals surface area contributed by atoms with Crippen LogP contribution in [0.15, 0.2) is 0 Å². The zero-order valence-corrected chi connectivity index (χ0v) is 14.2. The Bertz CT molecular complexity index is 400. The summed E-state index contributed by atoms with van der Waals surface area (Å²) in [6.45, 7) is 8.94. The van der Waals surface area contributed by atoms with E-state index in [2.05, 4.69) is 26.1 Å². The van der Waals surface area contributed by atoms with E-state index >= 15 is 0 Å². The molecule has 0 spiro atoms. The van der Waals surface area contributed by atoms with Crippen molar-refractivity contribution in [1.82, 2.24) is 10.3 Å². The molecule has 1 aliphatic carbocycles. The predicted molar refractivity (Wildman–Crippen MR) is 88.5 cm³/mol. The molecule has 1 N–H and O–H groups in total. The Balaban J connectivity index is 2.04. The van der Waals surface area contributed by atoms with E-state index in [4.69, 9.17) is 4.98 Å². The highest BCUT2D eigenvalue weighted by molar-refractivity contribution is 7.11. The molecule has 3 heteroatoms. The molecule has 1 aromatic heterocycles. The molecule has 0 aliphatic heterocycles. The molecule has 1 aromatic rings. The average molecular weight is 295 g/mol. The van der Waals surface area contributed by atoms with Crippen LogP contribution < -0.4 is 5.32 Å². The monoisotopic (exact) mass is 294 g/mol. The number of nitrogens with one attached hydrogen (secondary N) is 1. The predicted octanol–water partition coefficient (Wildman–Crippen LogP) is 4.89. The minimum Gasteiger partial charge on any atom is -0.312 e. The minimum atomic E-state index is 0.750. The van der Waals surface area contributed by atoms with Crippen LogP contribution in [0.1, 0.15) is 80.8 Å². The maximum absolute atomic E-state index is 5.01. The summed E-state index contributed by atoms with van der Waals surface area (Å²) < 4.78 is 0. The molecule has 2 rings (SSSR count). The van der Waals surface area contributed by atoms with Gasteiger partial charge in [0.2, 0.25) is 0 Å². The molecule has 0 radical (unpaired) electrons. The number of nitrogens with zero attached hydrogens (tertiary/aromatic N) is 1. The fraction of sp³-hybridized carbons (Fsp3) is 0.824. The van der Waals surface area contributed by atoms with Crippen molar-refractivity contribution in [2.75, 3.05) is 6.54 Å². The Labute approximate surface area is 128 Å². The number of aryl methyl sites for hydroxylation is 1. The van der Waals surface area contributed by atoms with E-state index in [1.54, 1.807) is 0 Å². The fourth-order valence-electron chi connectivity index (χ4n) is 3.20. The van der Waals surface area contributed by atoms with Gasteiger partial charge in [0.1, 0.15) is 0 Å². The summed E-state index contributed by atoms with van der Waals surface area (Å²) in [5.41, 5.74) is 1.37. The summed E-state index contributed by atoms with van der Waals surface area (Å²) in [7, 11) is 0.